The van der Waals surface area contributed by atoms with Crippen LogP contribution in [-0.2, 0) is 17.9 Å². The summed E-state index contributed by atoms with van der Waals surface area (Å²) in [6.07, 6.45) is 5.82. The lowest BCUT2D eigenvalue weighted by molar-refractivity contribution is -0.133. The molecule has 0 bridgehead atoms. The van der Waals surface area contributed by atoms with Crippen molar-refractivity contribution < 1.29 is 23.9 Å². The highest BCUT2D eigenvalue weighted by Crippen LogP contribution is 2.33. The van der Waals surface area contributed by atoms with Crippen LogP contribution in [0.3, 0.4) is 0 Å². The van der Waals surface area contributed by atoms with Gasteiger partial charge in [0.15, 0.2) is 17.2 Å². The number of benzene rings is 1. The first-order valence-corrected chi connectivity index (χ1v) is 12.8. The molecule has 192 valence electrons. The van der Waals surface area contributed by atoms with Crippen LogP contribution in [0.25, 0.3) is 0 Å². The minimum Gasteiger partial charge on any atom is -0.454 e. The van der Waals surface area contributed by atoms with Gasteiger partial charge in [0.25, 0.3) is 11.8 Å². The van der Waals surface area contributed by atoms with E-state index in [0.29, 0.717) is 23.7 Å². The van der Waals surface area contributed by atoms with Gasteiger partial charge in [-0.1, -0.05) is 32.3 Å². The van der Waals surface area contributed by atoms with Crippen molar-refractivity contribution in [1.29, 1.82) is 0 Å². The second-order valence-corrected chi connectivity index (χ2v) is 9.98. The first kappa shape index (κ1) is 24.1. The van der Waals surface area contributed by atoms with Crippen molar-refractivity contribution in [3.05, 3.63) is 41.2 Å². The van der Waals surface area contributed by atoms with Gasteiger partial charge in [0.05, 0.1) is 6.54 Å². The third-order valence-corrected chi connectivity index (χ3v) is 7.34. The van der Waals surface area contributed by atoms with Gasteiger partial charge < -0.3 is 25.0 Å². The molecule has 5 rings (SSSR count). The number of fused-ring (bicyclic) bond motifs is 2. The molecule has 1 unspecified atom stereocenters. The van der Waals surface area contributed by atoms with Crippen LogP contribution >= 0.6 is 0 Å². The van der Waals surface area contributed by atoms with Gasteiger partial charge in [-0.25, -0.2) is 0 Å². The van der Waals surface area contributed by atoms with E-state index in [0.717, 1.165) is 44.1 Å². The molecule has 1 aromatic heterocycles. The molecule has 1 aromatic carbocycles. The minimum atomic E-state index is -1.08. The zero-order valence-electron chi connectivity index (χ0n) is 20.8. The Morgan fingerprint density at radius 2 is 1.94 bits per heavy atom. The van der Waals surface area contributed by atoms with E-state index in [1.54, 1.807) is 17.9 Å². The molecule has 3 heterocycles. The third-order valence-electron chi connectivity index (χ3n) is 7.34. The first-order chi connectivity index (χ1) is 17.4. The Balaban J connectivity index is 1.33. The zero-order chi connectivity index (χ0) is 25.3. The summed E-state index contributed by atoms with van der Waals surface area (Å²) in [6.45, 7) is 4.99. The van der Waals surface area contributed by atoms with Crippen LogP contribution in [0.5, 0.6) is 11.5 Å². The average Bonchev–Trinajstić information content (AvgIpc) is 3.63. The normalized spacial score (nSPS) is 20.9. The summed E-state index contributed by atoms with van der Waals surface area (Å²) in [6, 6.07) is 7.15. The Bertz CT molecular complexity index is 1170. The van der Waals surface area contributed by atoms with E-state index >= 15 is 0 Å². The molecule has 1 atom stereocenters. The van der Waals surface area contributed by atoms with E-state index in [1.165, 1.54) is 10.7 Å². The lowest BCUT2D eigenvalue weighted by Crippen LogP contribution is -2.65. The largest absolute Gasteiger partial charge is 0.454 e. The number of carbonyl (C=O) groups excluding carboxylic acids is 3. The molecular formula is C26H33N5O5. The maximum Gasteiger partial charge on any atom is 0.273 e. The van der Waals surface area contributed by atoms with Crippen molar-refractivity contribution >= 4 is 17.7 Å². The number of nitrogens with one attached hydrogen (secondary N) is 2. The maximum atomic E-state index is 13.5. The molecule has 3 aliphatic rings. The number of rotatable bonds is 8. The number of ether oxygens (including phenoxy) is 2. The monoisotopic (exact) mass is 495 g/mol. The topological polar surface area (TPSA) is 115 Å². The van der Waals surface area contributed by atoms with Crippen LogP contribution in [0.15, 0.2) is 24.3 Å². The van der Waals surface area contributed by atoms with Crippen molar-refractivity contribution in [1.82, 2.24) is 25.3 Å². The van der Waals surface area contributed by atoms with E-state index in [1.807, 2.05) is 12.1 Å². The van der Waals surface area contributed by atoms with Crippen molar-refractivity contribution in [3.8, 4) is 11.5 Å². The van der Waals surface area contributed by atoms with Crippen molar-refractivity contribution in [2.24, 2.45) is 0 Å². The predicted molar refractivity (Wildman–Crippen MR) is 131 cm³/mol. The summed E-state index contributed by atoms with van der Waals surface area (Å²) >= 11 is 0. The Kier molecular flexibility index (Phi) is 6.59. The fourth-order valence-electron chi connectivity index (χ4n) is 5.15. The van der Waals surface area contributed by atoms with Crippen molar-refractivity contribution in [3.63, 3.8) is 0 Å². The van der Waals surface area contributed by atoms with E-state index < -0.39 is 5.54 Å². The van der Waals surface area contributed by atoms with E-state index in [-0.39, 0.29) is 49.3 Å². The summed E-state index contributed by atoms with van der Waals surface area (Å²) in [4.78, 5) is 41.5. The molecule has 10 nitrogen and oxygen atoms in total. The lowest BCUT2D eigenvalue weighted by atomic mass is 9.94. The zero-order valence-corrected chi connectivity index (χ0v) is 20.8. The highest BCUT2D eigenvalue weighted by atomic mass is 16.7. The van der Waals surface area contributed by atoms with Gasteiger partial charge in [0.1, 0.15) is 11.2 Å². The van der Waals surface area contributed by atoms with E-state index in [4.69, 9.17) is 9.47 Å². The third kappa shape index (κ3) is 4.52. The number of nitrogens with zero attached hydrogens (tertiary/aromatic N) is 3. The molecule has 1 fully saturated rings. The Morgan fingerprint density at radius 3 is 2.72 bits per heavy atom. The number of aromatic nitrogens is 2. The number of unbranched alkanes of at least 4 members (excludes halogenated alkanes) is 1. The highest BCUT2D eigenvalue weighted by molar-refractivity contribution is 6.02. The average molecular weight is 496 g/mol. The molecule has 2 aliphatic heterocycles. The van der Waals surface area contributed by atoms with Crippen LogP contribution in [-0.4, -0.2) is 57.3 Å². The second kappa shape index (κ2) is 9.83. The predicted octanol–water partition coefficient (Wildman–Crippen LogP) is 2.62. The van der Waals surface area contributed by atoms with Crippen LogP contribution in [0, 0.1) is 0 Å². The summed E-state index contributed by atoms with van der Waals surface area (Å²) in [5.41, 5.74) is 0.253. The molecule has 2 N–H and O–H groups in total. The summed E-state index contributed by atoms with van der Waals surface area (Å²) in [5.74, 6) is 0.500. The molecule has 0 spiro atoms. The Morgan fingerprint density at radius 1 is 1.17 bits per heavy atom. The molecule has 1 saturated carbocycles. The first-order valence-electron chi connectivity index (χ1n) is 12.8. The smallest absolute Gasteiger partial charge is 0.273 e. The number of carbonyl (C=O) groups is 3. The van der Waals surface area contributed by atoms with Crippen LogP contribution in [0.4, 0.5) is 0 Å². The van der Waals surface area contributed by atoms with E-state index in [2.05, 4.69) is 22.7 Å². The minimum absolute atomic E-state index is 0.147. The van der Waals surface area contributed by atoms with Gasteiger partial charge in [-0.3, -0.25) is 19.1 Å². The fourth-order valence-corrected chi connectivity index (χ4v) is 5.15. The van der Waals surface area contributed by atoms with Crippen LogP contribution in [0.1, 0.15) is 78.9 Å². The molecule has 10 heteroatoms. The molecule has 0 radical (unpaired) electrons. The second-order valence-electron chi connectivity index (χ2n) is 9.98. The summed E-state index contributed by atoms with van der Waals surface area (Å²) in [7, 11) is 0. The number of amides is 3. The molecule has 0 saturated heterocycles. The van der Waals surface area contributed by atoms with Crippen molar-refractivity contribution in [2.75, 3.05) is 13.3 Å². The van der Waals surface area contributed by atoms with E-state index in [9.17, 15) is 14.4 Å². The Hall–Kier alpha value is -3.56. The van der Waals surface area contributed by atoms with Gasteiger partial charge >= 0.3 is 0 Å². The lowest BCUT2D eigenvalue weighted by Gasteiger charge is -2.43. The SMILES string of the molecule is CCCCN1C(=O)c2cc(C(=O)NCc3ccc4c(c3)OCO4)nn2CC1(C)C(=O)NC1CCCC1. The molecule has 1 aliphatic carbocycles. The standard InChI is InChI=1S/C26H33N5O5/c1-3-4-11-30-24(33)20-13-19(23(32)27-14-17-9-10-21-22(12-17)36-16-35-21)29-31(20)15-26(30,2)25(34)28-18-7-5-6-8-18/h9-10,12-13,18H,3-8,11,14-16H2,1-2H3,(H,27,32)(H,28,34). The van der Waals surface area contributed by atoms with Gasteiger partial charge in [-0.15, -0.1) is 0 Å². The summed E-state index contributed by atoms with van der Waals surface area (Å²) < 4.78 is 12.2. The van der Waals surface area contributed by atoms with Crippen molar-refractivity contribution in [2.45, 2.75) is 77.0 Å². The van der Waals surface area contributed by atoms with Gasteiger partial charge in [0, 0.05) is 25.2 Å². The van der Waals surface area contributed by atoms with Gasteiger partial charge in [-0.05, 0) is 43.9 Å². The highest BCUT2D eigenvalue weighted by Gasteiger charge is 2.48. The number of hydrogen-bond acceptors (Lipinski definition) is 6. The quantitative estimate of drug-likeness (QED) is 0.582. The number of hydrogen-bond donors (Lipinski definition) is 2. The van der Waals surface area contributed by atoms with Gasteiger partial charge in [-0.2, -0.15) is 5.10 Å². The maximum absolute atomic E-state index is 13.5. The molecular weight excluding hydrogens is 462 g/mol. The molecule has 3 amide bonds. The van der Waals surface area contributed by atoms with Crippen LogP contribution in [0.2, 0.25) is 0 Å². The van der Waals surface area contributed by atoms with Gasteiger partial charge in [0.2, 0.25) is 12.7 Å². The fraction of sp³-hybridized carbons (Fsp3) is 0.538. The molecule has 36 heavy (non-hydrogen) atoms. The molecule has 2 aromatic rings. The van der Waals surface area contributed by atoms with Crippen LogP contribution < -0.4 is 20.1 Å². The summed E-state index contributed by atoms with van der Waals surface area (Å²) in [5, 5.41) is 10.4. The Labute approximate surface area is 210 Å².